The van der Waals surface area contributed by atoms with Crippen molar-refractivity contribution in [1.82, 2.24) is 5.32 Å². The van der Waals surface area contributed by atoms with Crippen molar-refractivity contribution in [3.8, 4) is 5.75 Å². The minimum atomic E-state index is 0.740. The molecule has 1 aromatic rings. The Kier molecular flexibility index (Phi) is 4.62. The topological polar surface area (TPSA) is 21.3 Å². The predicted octanol–water partition coefficient (Wildman–Crippen LogP) is 3.89. The zero-order valence-corrected chi connectivity index (χ0v) is 12.7. The van der Waals surface area contributed by atoms with Crippen molar-refractivity contribution in [2.75, 3.05) is 20.2 Å². The van der Waals surface area contributed by atoms with Crippen LogP contribution >= 0.6 is 0 Å². The van der Waals surface area contributed by atoms with Crippen molar-refractivity contribution in [1.29, 1.82) is 0 Å². The van der Waals surface area contributed by atoms with E-state index in [1.165, 1.54) is 56.1 Å². The summed E-state index contributed by atoms with van der Waals surface area (Å²) in [5.74, 6) is 2.71. The van der Waals surface area contributed by atoms with Crippen LogP contribution in [0.1, 0.15) is 55.6 Å². The molecule has 0 atom stereocenters. The molecule has 1 aliphatic heterocycles. The minimum Gasteiger partial charge on any atom is -0.496 e. The highest BCUT2D eigenvalue weighted by molar-refractivity contribution is 5.39. The number of ether oxygens (including phenoxy) is 1. The third kappa shape index (κ3) is 3.17. The van der Waals surface area contributed by atoms with Crippen LogP contribution in [0, 0.1) is 5.92 Å². The van der Waals surface area contributed by atoms with Gasteiger partial charge < -0.3 is 10.1 Å². The molecule has 0 aromatic heterocycles. The van der Waals surface area contributed by atoms with Crippen LogP contribution < -0.4 is 10.1 Å². The molecule has 1 saturated heterocycles. The molecular formula is C18H27NO. The molecule has 2 fully saturated rings. The molecule has 2 heteroatoms. The van der Waals surface area contributed by atoms with Gasteiger partial charge in [-0.3, -0.25) is 0 Å². The molecule has 2 aliphatic rings. The number of piperidine rings is 1. The molecule has 110 valence electrons. The van der Waals surface area contributed by atoms with Gasteiger partial charge in [0.2, 0.25) is 0 Å². The standard InChI is InChI=1S/C18H27NO/c1-20-18-7-6-16(15-8-10-19-11-9-15)13-17(18)12-14-4-2-3-5-14/h6-7,13-15,19H,2-5,8-12H2,1H3. The van der Waals surface area contributed by atoms with E-state index in [9.17, 15) is 0 Å². The summed E-state index contributed by atoms with van der Waals surface area (Å²) in [7, 11) is 1.80. The lowest BCUT2D eigenvalue weighted by molar-refractivity contribution is 0.403. The van der Waals surface area contributed by atoms with Crippen LogP contribution in [0.25, 0.3) is 0 Å². The molecule has 20 heavy (non-hydrogen) atoms. The Bertz CT molecular complexity index is 431. The second-order valence-corrected chi connectivity index (χ2v) is 6.45. The summed E-state index contributed by atoms with van der Waals surface area (Å²) in [4.78, 5) is 0. The summed E-state index contributed by atoms with van der Waals surface area (Å²) in [6.07, 6.45) is 9.40. The normalized spacial score (nSPS) is 21.2. The van der Waals surface area contributed by atoms with Gasteiger partial charge in [0.1, 0.15) is 5.75 Å². The molecule has 0 amide bonds. The summed E-state index contributed by atoms with van der Waals surface area (Å²) in [6.45, 7) is 2.32. The Hall–Kier alpha value is -1.02. The number of hydrogen-bond donors (Lipinski definition) is 1. The maximum atomic E-state index is 5.59. The lowest BCUT2D eigenvalue weighted by Gasteiger charge is -2.24. The molecule has 0 unspecified atom stereocenters. The highest BCUT2D eigenvalue weighted by atomic mass is 16.5. The van der Waals surface area contributed by atoms with Crippen LogP contribution in [0.5, 0.6) is 5.75 Å². The maximum Gasteiger partial charge on any atom is 0.122 e. The van der Waals surface area contributed by atoms with Gasteiger partial charge in [0.05, 0.1) is 7.11 Å². The highest BCUT2D eigenvalue weighted by Crippen LogP contribution is 2.34. The summed E-state index contributed by atoms with van der Waals surface area (Å²) in [5.41, 5.74) is 2.97. The Labute approximate surface area is 122 Å². The quantitative estimate of drug-likeness (QED) is 0.898. The molecule has 1 aliphatic carbocycles. The molecule has 1 N–H and O–H groups in total. The van der Waals surface area contributed by atoms with Gasteiger partial charge in [0.25, 0.3) is 0 Å². The van der Waals surface area contributed by atoms with Crippen LogP contribution in [-0.4, -0.2) is 20.2 Å². The van der Waals surface area contributed by atoms with E-state index in [0.717, 1.165) is 30.7 Å². The second-order valence-electron chi connectivity index (χ2n) is 6.45. The molecule has 2 nitrogen and oxygen atoms in total. The first kappa shape index (κ1) is 13.9. The Morgan fingerprint density at radius 3 is 2.55 bits per heavy atom. The maximum absolute atomic E-state index is 5.59. The van der Waals surface area contributed by atoms with Crippen LogP contribution in [-0.2, 0) is 6.42 Å². The van der Waals surface area contributed by atoms with E-state index >= 15 is 0 Å². The van der Waals surface area contributed by atoms with Crippen molar-refractivity contribution in [3.05, 3.63) is 29.3 Å². The molecule has 0 bridgehead atoms. The van der Waals surface area contributed by atoms with Crippen LogP contribution in [0.15, 0.2) is 18.2 Å². The first-order chi connectivity index (χ1) is 9.86. The van der Waals surface area contributed by atoms with E-state index in [2.05, 4.69) is 23.5 Å². The average Bonchev–Trinajstić information content (AvgIpc) is 3.01. The van der Waals surface area contributed by atoms with Gasteiger partial charge in [0, 0.05) is 0 Å². The fraction of sp³-hybridized carbons (Fsp3) is 0.667. The van der Waals surface area contributed by atoms with E-state index in [-0.39, 0.29) is 0 Å². The minimum absolute atomic E-state index is 0.740. The Morgan fingerprint density at radius 1 is 1.10 bits per heavy atom. The number of hydrogen-bond acceptors (Lipinski definition) is 2. The Balaban J connectivity index is 1.78. The van der Waals surface area contributed by atoms with Crippen molar-refractivity contribution in [2.24, 2.45) is 5.92 Å². The van der Waals surface area contributed by atoms with Crippen molar-refractivity contribution in [2.45, 2.75) is 50.9 Å². The third-order valence-corrected chi connectivity index (χ3v) is 5.10. The van der Waals surface area contributed by atoms with Gasteiger partial charge in [-0.1, -0.05) is 37.8 Å². The molecule has 0 radical (unpaired) electrons. The van der Waals surface area contributed by atoms with Gasteiger partial charge in [-0.2, -0.15) is 0 Å². The lowest BCUT2D eigenvalue weighted by atomic mass is 9.87. The summed E-state index contributed by atoms with van der Waals surface area (Å²) in [6, 6.07) is 6.92. The first-order valence-corrected chi connectivity index (χ1v) is 8.24. The number of rotatable bonds is 4. The molecule has 1 heterocycles. The summed E-state index contributed by atoms with van der Waals surface area (Å²) in [5, 5.41) is 3.46. The summed E-state index contributed by atoms with van der Waals surface area (Å²) < 4.78 is 5.59. The zero-order valence-electron chi connectivity index (χ0n) is 12.7. The third-order valence-electron chi connectivity index (χ3n) is 5.10. The van der Waals surface area contributed by atoms with E-state index in [1.807, 2.05) is 0 Å². The van der Waals surface area contributed by atoms with Gasteiger partial charge in [-0.25, -0.2) is 0 Å². The predicted molar refractivity (Wildman–Crippen MR) is 83.5 cm³/mol. The first-order valence-electron chi connectivity index (χ1n) is 8.24. The molecular weight excluding hydrogens is 246 g/mol. The lowest BCUT2D eigenvalue weighted by Crippen LogP contribution is -2.26. The molecule has 0 spiro atoms. The molecule has 1 saturated carbocycles. The van der Waals surface area contributed by atoms with Crippen molar-refractivity contribution in [3.63, 3.8) is 0 Å². The van der Waals surface area contributed by atoms with E-state index < -0.39 is 0 Å². The second kappa shape index (κ2) is 6.62. The zero-order chi connectivity index (χ0) is 13.8. The van der Waals surface area contributed by atoms with Gasteiger partial charge in [0.15, 0.2) is 0 Å². The fourth-order valence-electron chi connectivity index (χ4n) is 3.89. The molecule has 3 rings (SSSR count). The molecule has 1 aromatic carbocycles. The summed E-state index contributed by atoms with van der Waals surface area (Å²) >= 11 is 0. The van der Waals surface area contributed by atoms with Gasteiger partial charge >= 0.3 is 0 Å². The van der Waals surface area contributed by atoms with Gasteiger partial charge in [-0.15, -0.1) is 0 Å². The number of benzene rings is 1. The number of methoxy groups -OCH3 is 1. The van der Waals surface area contributed by atoms with Gasteiger partial charge in [-0.05, 0) is 61.4 Å². The smallest absolute Gasteiger partial charge is 0.122 e. The van der Waals surface area contributed by atoms with Crippen molar-refractivity contribution < 1.29 is 4.74 Å². The largest absolute Gasteiger partial charge is 0.496 e. The Morgan fingerprint density at radius 2 is 1.85 bits per heavy atom. The fourth-order valence-corrected chi connectivity index (χ4v) is 3.89. The van der Waals surface area contributed by atoms with E-state index in [1.54, 1.807) is 7.11 Å². The highest BCUT2D eigenvalue weighted by Gasteiger charge is 2.20. The average molecular weight is 273 g/mol. The number of nitrogens with one attached hydrogen (secondary N) is 1. The van der Waals surface area contributed by atoms with Crippen molar-refractivity contribution >= 4 is 0 Å². The SMILES string of the molecule is COc1ccc(C2CCNCC2)cc1CC1CCCC1. The van der Waals surface area contributed by atoms with Crippen LogP contribution in [0.2, 0.25) is 0 Å². The van der Waals surface area contributed by atoms with Crippen LogP contribution in [0.4, 0.5) is 0 Å². The van der Waals surface area contributed by atoms with E-state index in [4.69, 9.17) is 4.74 Å². The monoisotopic (exact) mass is 273 g/mol. The van der Waals surface area contributed by atoms with E-state index in [0.29, 0.717) is 0 Å². The van der Waals surface area contributed by atoms with Crippen LogP contribution in [0.3, 0.4) is 0 Å².